The van der Waals surface area contributed by atoms with Crippen LogP contribution in [0.15, 0.2) is 67.4 Å². The molecule has 8 heteroatoms. The molecule has 0 saturated heterocycles. The molecule has 0 fully saturated rings. The molecular formula is C25H20Br2N4OS. The van der Waals surface area contributed by atoms with E-state index in [2.05, 4.69) is 72.0 Å². The number of nitrogens with zero attached hydrogens (tertiary/aromatic N) is 3. The SMILES string of the molecule is CSc1nc2nc3c(c(-c4ccc(Br)cc4)c2c(=O)[nH]1)CN(C)C/C3=C\c1ccc(Br)cc1. The molecule has 0 unspecified atom stereocenters. The highest BCUT2D eigenvalue weighted by atomic mass is 79.9. The van der Waals surface area contributed by atoms with Gasteiger partial charge in [0, 0.05) is 33.2 Å². The number of halogens is 2. The second-order valence-corrected chi connectivity index (χ2v) is 10.6. The Kier molecular flexibility index (Phi) is 6.26. The number of hydrogen-bond acceptors (Lipinski definition) is 5. The first-order valence-corrected chi connectivity index (χ1v) is 13.2. The minimum atomic E-state index is -0.163. The summed E-state index contributed by atoms with van der Waals surface area (Å²) in [6.45, 7) is 1.46. The minimum Gasteiger partial charge on any atom is -0.301 e. The molecule has 0 saturated carbocycles. The number of H-pyrrole nitrogens is 1. The summed E-state index contributed by atoms with van der Waals surface area (Å²) < 4.78 is 2.03. The molecule has 5 rings (SSSR count). The van der Waals surface area contributed by atoms with Gasteiger partial charge in [-0.2, -0.15) is 0 Å². The molecule has 0 radical (unpaired) electrons. The largest absolute Gasteiger partial charge is 0.301 e. The van der Waals surface area contributed by atoms with Crippen LogP contribution in [0.1, 0.15) is 16.8 Å². The summed E-state index contributed by atoms with van der Waals surface area (Å²) in [7, 11) is 2.09. The van der Waals surface area contributed by atoms with Crippen molar-refractivity contribution in [3.63, 3.8) is 0 Å². The minimum absolute atomic E-state index is 0.163. The van der Waals surface area contributed by atoms with Crippen molar-refractivity contribution in [1.82, 2.24) is 19.9 Å². The van der Waals surface area contributed by atoms with E-state index in [1.165, 1.54) is 11.8 Å². The third kappa shape index (κ3) is 4.45. The van der Waals surface area contributed by atoms with Crippen LogP contribution in [0.3, 0.4) is 0 Å². The number of benzene rings is 2. The highest BCUT2D eigenvalue weighted by Crippen LogP contribution is 2.38. The van der Waals surface area contributed by atoms with Crippen molar-refractivity contribution >= 4 is 66.3 Å². The van der Waals surface area contributed by atoms with E-state index in [0.29, 0.717) is 22.7 Å². The number of aromatic amines is 1. The molecule has 2 aromatic heterocycles. The van der Waals surface area contributed by atoms with Crippen LogP contribution >= 0.6 is 43.6 Å². The molecule has 0 amide bonds. The number of aromatic nitrogens is 3. The second kappa shape index (κ2) is 9.18. The van der Waals surface area contributed by atoms with Crippen LogP contribution in [0.2, 0.25) is 0 Å². The van der Waals surface area contributed by atoms with E-state index >= 15 is 0 Å². The molecule has 0 atom stereocenters. The van der Waals surface area contributed by atoms with Crippen LogP contribution in [-0.4, -0.2) is 39.7 Å². The van der Waals surface area contributed by atoms with Crippen molar-refractivity contribution in [2.24, 2.45) is 0 Å². The summed E-state index contributed by atoms with van der Waals surface area (Å²) in [6.07, 6.45) is 4.07. The molecule has 33 heavy (non-hydrogen) atoms. The van der Waals surface area contributed by atoms with Crippen molar-refractivity contribution in [2.75, 3.05) is 19.8 Å². The number of hydrogen-bond donors (Lipinski definition) is 1. The van der Waals surface area contributed by atoms with E-state index in [-0.39, 0.29) is 5.56 Å². The highest BCUT2D eigenvalue weighted by Gasteiger charge is 2.27. The average molecular weight is 584 g/mol. The fraction of sp³-hybridized carbons (Fsp3) is 0.160. The summed E-state index contributed by atoms with van der Waals surface area (Å²) in [5.74, 6) is 0. The molecule has 1 aliphatic heterocycles. The van der Waals surface area contributed by atoms with Gasteiger partial charge in [-0.3, -0.25) is 9.69 Å². The van der Waals surface area contributed by atoms with Gasteiger partial charge in [0.25, 0.3) is 5.56 Å². The maximum absolute atomic E-state index is 13.2. The number of likely N-dealkylation sites (N-methyl/N-ethyl adjacent to an activating group) is 1. The molecule has 166 valence electrons. The maximum Gasteiger partial charge on any atom is 0.261 e. The summed E-state index contributed by atoms with van der Waals surface area (Å²) in [6, 6.07) is 16.3. The molecule has 0 aliphatic carbocycles. The zero-order valence-electron chi connectivity index (χ0n) is 18.0. The van der Waals surface area contributed by atoms with Gasteiger partial charge in [0.1, 0.15) is 0 Å². The monoisotopic (exact) mass is 582 g/mol. The van der Waals surface area contributed by atoms with E-state index in [9.17, 15) is 4.79 Å². The second-order valence-electron chi connectivity index (χ2n) is 7.99. The van der Waals surface area contributed by atoms with Crippen LogP contribution in [0.25, 0.3) is 33.8 Å². The lowest BCUT2D eigenvalue weighted by Gasteiger charge is -2.29. The normalized spacial score (nSPS) is 15.2. The fourth-order valence-electron chi connectivity index (χ4n) is 4.21. The Morgan fingerprint density at radius 2 is 1.67 bits per heavy atom. The molecular weight excluding hydrogens is 564 g/mol. The smallest absolute Gasteiger partial charge is 0.261 e. The van der Waals surface area contributed by atoms with Gasteiger partial charge in [0.05, 0.1) is 11.1 Å². The van der Waals surface area contributed by atoms with Crippen molar-refractivity contribution < 1.29 is 0 Å². The van der Waals surface area contributed by atoms with Gasteiger partial charge < -0.3 is 4.98 Å². The van der Waals surface area contributed by atoms with E-state index in [1.807, 2.05) is 42.7 Å². The van der Waals surface area contributed by atoms with Crippen LogP contribution in [0, 0.1) is 0 Å². The summed E-state index contributed by atoms with van der Waals surface area (Å²) in [5.41, 5.74) is 6.36. The first-order valence-electron chi connectivity index (χ1n) is 10.3. The topological polar surface area (TPSA) is 61.9 Å². The molecule has 5 nitrogen and oxygen atoms in total. The van der Waals surface area contributed by atoms with Crippen LogP contribution < -0.4 is 5.56 Å². The van der Waals surface area contributed by atoms with Gasteiger partial charge in [-0.05, 0) is 60.3 Å². The Morgan fingerprint density at radius 3 is 2.33 bits per heavy atom. The first kappa shape index (κ1) is 22.5. The predicted octanol–water partition coefficient (Wildman–Crippen LogP) is 6.22. The van der Waals surface area contributed by atoms with E-state index in [1.54, 1.807) is 0 Å². The van der Waals surface area contributed by atoms with E-state index in [0.717, 1.165) is 49.0 Å². The molecule has 2 aromatic carbocycles. The van der Waals surface area contributed by atoms with Crippen LogP contribution in [0.5, 0.6) is 0 Å². The van der Waals surface area contributed by atoms with Gasteiger partial charge in [0.2, 0.25) is 0 Å². The van der Waals surface area contributed by atoms with Gasteiger partial charge in [-0.1, -0.05) is 67.9 Å². The maximum atomic E-state index is 13.2. The number of pyridine rings is 1. The highest BCUT2D eigenvalue weighted by molar-refractivity contribution is 9.10. The van der Waals surface area contributed by atoms with Crippen molar-refractivity contribution in [1.29, 1.82) is 0 Å². The standard InChI is InChI=1S/C25H20Br2N4OS/c1-31-12-16(11-14-3-7-17(26)8-4-14)22-19(13-31)20(15-5-9-18(27)10-6-15)21-23(28-22)29-25(33-2)30-24(21)32/h3-11H,12-13H2,1-2H3,(H,28,29,30,32)/b16-11+. The number of fused-ring (bicyclic) bond motifs is 2. The Morgan fingerprint density at radius 1 is 1.00 bits per heavy atom. The fourth-order valence-corrected chi connectivity index (χ4v) is 5.11. The quantitative estimate of drug-likeness (QED) is 0.229. The molecule has 1 aliphatic rings. The zero-order valence-corrected chi connectivity index (χ0v) is 22.0. The molecule has 1 N–H and O–H groups in total. The van der Waals surface area contributed by atoms with E-state index in [4.69, 9.17) is 4.98 Å². The third-order valence-corrected chi connectivity index (χ3v) is 7.28. The average Bonchev–Trinajstić information content (AvgIpc) is 2.80. The Balaban J connectivity index is 1.84. The molecule has 3 heterocycles. The molecule has 0 bridgehead atoms. The summed E-state index contributed by atoms with van der Waals surface area (Å²) in [4.78, 5) is 28.0. The lowest BCUT2D eigenvalue weighted by Crippen LogP contribution is -2.28. The van der Waals surface area contributed by atoms with Crippen molar-refractivity contribution in [3.05, 3.63) is 84.7 Å². The Labute approximate surface area is 212 Å². The lowest BCUT2D eigenvalue weighted by atomic mass is 9.90. The lowest BCUT2D eigenvalue weighted by molar-refractivity contribution is 0.359. The zero-order chi connectivity index (χ0) is 23.1. The van der Waals surface area contributed by atoms with Gasteiger partial charge >= 0.3 is 0 Å². The summed E-state index contributed by atoms with van der Waals surface area (Å²) in [5, 5.41) is 1.10. The van der Waals surface area contributed by atoms with Crippen molar-refractivity contribution in [2.45, 2.75) is 11.7 Å². The van der Waals surface area contributed by atoms with Crippen molar-refractivity contribution in [3.8, 4) is 11.1 Å². The van der Waals surface area contributed by atoms with Gasteiger partial charge in [-0.15, -0.1) is 0 Å². The number of rotatable bonds is 3. The molecule has 0 spiro atoms. The summed E-state index contributed by atoms with van der Waals surface area (Å²) >= 11 is 8.43. The number of nitrogens with one attached hydrogen (secondary N) is 1. The Hall–Kier alpha value is -2.26. The van der Waals surface area contributed by atoms with E-state index < -0.39 is 0 Å². The first-order chi connectivity index (χ1) is 15.9. The van der Waals surface area contributed by atoms with Gasteiger partial charge in [0.15, 0.2) is 10.8 Å². The third-order valence-electron chi connectivity index (χ3n) is 5.64. The molecule has 4 aromatic rings. The van der Waals surface area contributed by atoms with Crippen LogP contribution in [0.4, 0.5) is 0 Å². The number of thioether (sulfide) groups is 1. The van der Waals surface area contributed by atoms with Gasteiger partial charge in [-0.25, -0.2) is 9.97 Å². The predicted molar refractivity (Wildman–Crippen MR) is 143 cm³/mol. The van der Waals surface area contributed by atoms with Crippen LogP contribution in [-0.2, 0) is 6.54 Å². The Bertz CT molecular complexity index is 1450.